The summed E-state index contributed by atoms with van der Waals surface area (Å²) in [5.41, 5.74) is 2.25. The number of hydrogen-bond acceptors (Lipinski definition) is 10. The Morgan fingerprint density at radius 3 is 2.55 bits per heavy atom. The molecule has 1 aliphatic heterocycles. The Bertz CT molecular complexity index is 1410. The number of hydrogen-bond donors (Lipinski definition) is 3. The number of carbonyl (C=O) groups excluding carboxylic acids is 2. The van der Waals surface area contributed by atoms with Crippen LogP contribution in [0, 0.1) is 6.92 Å². The molecule has 13 nitrogen and oxygen atoms in total. The Kier molecular flexibility index (Phi) is 8.14. The minimum Gasteiger partial charge on any atom is -0.497 e. The van der Waals surface area contributed by atoms with Crippen molar-refractivity contribution < 1.29 is 41.9 Å². The summed E-state index contributed by atoms with van der Waals surface area (Å²) < 4.78 is 49.3. The minimum atomic E-state index is -4.30. The van der Waals surface area contributed by atoms with Crippen molar-refractivity contribution in [3.63, 3.8) is 0 Å². The van der Waals surface area contributed by atoms with Gasteiger partial charge in [0, 0.05) is 13.1 Å². The Morgan fingerprint density at radius 1 is 1.16 bits per heavy atom. The summed E-state index contributed by atoms with van der Waals surface area (Å²) >= 11 is 0. The van der Waals surface area contributed by atoms with E-state index in [4.69, 9.17) is 18.7 Å². The highest BCUT2D eigenvalue weighted by Gasteiger charge is 2.36. The van der Waals surface area contributed by atoms with Gasteiger partial charge in [-0.1, -0.05) is 11.2 Å². The van der Waals surface area contributed by atoms with Gasteiger partial charge < -0.3 is 24.1 Å². The first-order valence-electron chi connectivity index (χ1n) is 11.4. The number of ether oxygens (including phenoxy) is 3. The first-order chi connectivity index (χ1) is 18.2. The van der Waals surface area contributed by atoms with Crippen LogP contribution in [0.1, 0.15) is 28.1 Å². The molecule has 0 aliphatic carbocycles. The molecule has 0 saturated carbocycles. The molecule has 3 aromatic rings. The van der Waals surface area contributed by atoms with Gasteiger partial charge in [-0.15, -0.1) is 0 Å². The lowest BCUT2D eigenvalue weighted by atomic mass is 10.1. The van der Waals surface area contributed by atoms with Crippen molar-refractivity contribution >= 4 is 21.8 Å². The maximum Gasteiger partial charge on any atom is 0.261 e. The van der Waals surface area contributed by atoms with Crippen LogP contribution in [-0.4, -0.2) is 61.4 Å². The van der Waals surface area contributed by atoms with Gasteiger partial charge >= 0.3 is 0 Å². The van der Waals surface area contributed by atoms with E-state index in [-0.39, 0.29) is 36.8 Å². The lowest BCUT2D eigenvalue weighted by Gasteiger charge is -2.30. The van der Waals surface area contributed by atoms with Crippen LogP contribution < -0.4 is 25.0 Å². The highest BCUT2D eigenvalue weighted by atomic mass is 32.2. The number of rotatable bonds is 11. The number of nitrogens with zero attached hydrogens (tertiary/aromatic N) is 2. The van der Waals surface area contributed by atoms with Crippen molar-refractivity contribution in [1.82, 2.24) is 20.3 Å². The molecule has 2 amide bonds. The van der Waals surface area contributed by atoms with Gasteiger partial charge in [0.25, 0.3) is 11.8 Å². The maximum absolute atomic E-state index is 13.8. The van der Waals surface area contributed by atoms with Crippen LogP contribution in [0.25, 0.3) is 0 Å². The fraction of sp³-hybridized carbons (Fsp3) is 0.292. The molecule has 0 spiro atoms. The van der Waals surface area contributed by atoms with E-state index in [1.165, 1.54) is 37.6 Å². The number of carbonyl (C=O) groups is 2. The number of aryl methyl sites for hydroxylation is 1. The first kappa shape index (κ1) is 26.9. The van der Waals surface area contributed by atoms with E-state index >= 15 is 0 Å². The topological polar surface area (TPSA) is 170 Å². The average molecular weight is 547 g/mol. The van der Waals surface area contributed by atoms with Crippen molar-refractivity contribution in [1.29, 1.82) is 0 Å². The molecule has 3 N–H and O–H groups in total. The number of nitrogens with one attached hydrogen (secondary N) is 2. The van der Waals surface area contributed by atoms with Gasteiger partial charge in [-0.05, 0) is 55.3 Å². The van der Waals surface area contributed by atoms with Crippen LogP contribution >= 0.6 is 0 Å². The Balaban J connectivity index is 1.64. The Morgan fingerprint density at radius 2 is 1.89 bits per heavy atom. The van der Waals surface area contributed by atoms with Gasteiger partial charge in [0.15, 0.2) is 11.5 Å². The van der Waals surface area contributed by atoms with Gasteiger partial charge in [0.2, 0.25) is 16.8 Å². The van der Waals surface area contributed by atoms with Crippen LogP contribution in [-0.2, 0) is 21.4 Å². The number of sulfonamides is 1. The summed E-state index contributed by atoms with van der Waals surface area (Å²) in [4.78, 5) is 25.2. The van der Waals surface area contributed by atoms with E-state index in [1.807, 2.05) is 0 Å². The minimum absolute atomic E-state index is 0.0353. The van der Waals surface area contributed by atoms with E-state index in [1.54, 1.807) is 30.6 Å². The smallest absolute Gasteiger partial charge is 0.261 e. The molecule has 2 heterocycles. The Labute approximate surface area is 218 Å². The summed E-state index contributed by atoms with van der Waals surface area (Å²) in [6.45, 7) is 1.26. The lowest BCUT2D eigenvalue weighted by molar-refractivity contribution is -0.133. The molecule has 202 valence electrons. The second-order valence-corrected chi connectivity index (χ2v) is 10.1. The summed E-state index contributed by atoms with van der Waals surface area (Å²) in [6.07, 6.45) is 1.09. The van der Waals surface area contributed by atoms with Crippen molar-refractivity contribution in [2.75, 3.05) is 20.4 Å². The molecule has 1 aromatic heterocycles. The molecule has 0 fully saturated rings. The number of amides is 2. The summed E-state index contributed by atoms with van der Waals surface area (Å²) in [5, 5.41) is 15.6. The molecule has 0 unspecified atom stereocenters. The van der Waals surface area contributed by atoms with Gasteiger partial charge in [-0.25, -0.2) is 13.9 Å². The molecule has 38 heavy (non-hydrogen) atoms. The third kappa shape index (κ3) is 5.72. The van der Waals surface area contributed by atoms with Crippen molar-refractivity contribution in [2.24, 2.45) is 0 Å². The average Bonchev–Trinajstić information content (AvgIpc) is 3.58. The number of fused-ring (bicyclic) bond motifs is 1. The summed E-state index contributed by atoms with van der Waals surface area (Å²) in [7, 11) is -2.85. The second kappa shape index (κ2) is 11.5. The fourth-order valence-corrected chi connectivity index (χ4v) is 5.49. The SMILES string of the molecule is COc1ccc(S(=O)(=O)N(Cc2ccc3c(c2)OCO3)[C@H](CCNC(=O)c2cnoc2C)C(=O)NO)cc1. The molecule has 2 aromatic carbocycles. The second-order valence-electron chi connectivity index (χ2n) is 8.25. The standard InChI is InChI=1S/C24H26N4O9S/c1-15-19(12-26-37-15)23(29)25-10-9-20(24(30)27-31)28(13-16-3-8-21-22(11-16)36-14-35-21)38(32,33)18-6-4-17(34-2)5-7-18/h3-8,11-12,20,31H,9-10,13-14H2,1-2H3,(H,25,29)(H,27,30)/t20-/m1/s1. The summed E-state index contributed by atoms with van der Waals surface area (Å²) in [5.74, 6) is 0.213. The maximum atomic E-state index is 13.8. The largest absolute Gasteiger partial charge is 0.497 e. The molecule has 14 heteroatoms. The quantitative estimate of drug-likeness (QED) is 0.237. The number of benzene rings is 2. The predicted octanol–water partition coefficient (Wildman–Crippen LogP) is 1.61. The third-order valence-electron chi connectivity index (χ3n) is 5.90. The van der Waals surface area contributed by atoms with Crippen LogP contribution in [0.3, 0.4) is 0 Å². The van der Waals surface area contributed by atoms with Crippen LogP contribution in [0.5, 0.6) is 17.2 Å². The van der Waals surface area contributed by atoms with Crippen LogP contribution in [0.15, 0.2) is 58.1 Å². The Hall–Kier alpha value is -4.14. The van der Waals surface area contributed by atoms with E-state index in [0.717, 1.165) is 4.31 Å². The van der Waals surface area contributed by atoms with Gasteiger partial charge in [-0.2, -0.15) is 4.31 Å². The molecule has 1 aliphatic rings. The molecular formula is C24H26N4O9S. The van der Waals surface area contributed by atoms with E-state index in [0.29, 0.717) is 28.6 Å². The van der Waals surface area contributed by atoms with Crippen molar-refractivity contribution in [3.8, 4) is 17.2 Å². The zero-order chi connectivity index (χ0) is 27.3. The zero-order valence-electron chi connectivity index (χ0n) is 20.5. The normalized spacial score (nSPS) is 13.3. The lowest BCUT2D eigenvalue weighted by Crippen LogP contribution is -2.49. The van der Waals surface area contributed by atoms with Gasteiger partial charge in [-0.3, -0.25) is 14.8 Å². The third-order valence-corrected chi connectivity index (χ3v) is 7.77. The van der Waals surface area contributed by atoms with E-state index in [2.05, 4.69) is 10.5 Å². The monoisotopic (exact) mass is 546 g/mol. The molecule has 0 radical (unpaired) electrons. The number of hydroxylamine groups is 1. The van der Waals surface area contributed by atoms with Crippen LogP contribution in [0.2, 0.25) is 0 Å². The molecule has 1 atom stereocenters. The predicted molar refractivity (Wildman–Crippen MR) is 130 cm³/mol. The fourth-order valence-electron chi connectivity index (χ4n) is 3.88. The number of aromatic nitrogens is 1. The molecule has 4 rings (SSSR count). The van der Waals surface area contributed by atoms with Crippen LogP contribution in [0.4, 0.5) is 0 Å². The molecule has 0 bridgehead atoms. The highest BCUT2D eigenvalue weighted by Crippen LogP contribution is 2.34. The number of methoxy groups -OCH3 is 1. The van der Waals surface area contributed by atoms with Gasteiger partial charge in [0.05, 0.1) is 18.2 Å². The zero-order valence-corrected chi connectivity index (χ0v) is 21.4. The summed E-state index contributed by atoms with van der Waals surface area (Å²) in [6, 6.07) is 9.16. The van der Waals surface area contributed by atoms with Gasteiger partial charge in [0.1, 0.15) is 23.1 Å². The van der Waals surface area contributed by atoms with E-state index < -0.39 is 27.9 Å². The van der Waals surface area contributed by atoms with Crippen molar-refractivity contribution in [3.05, 3.63) is 65.5 Å². The molecular weight excluding hydrogens is 520 g/mol. The first-order valence-corrected chi connectivity index (χ1v) is 12.9. The molecule has 0 saturated heterocycles. The van der Waals surface area contributed by atoms with E-state index in [9.17, 15) is 23.2 Å². The highest BCUT2D eigenvalue weighted by molar-refractivity contribution is 7.89. The van der Waals surface area contributed by atoms with Crippen molar-refractivity contribution in [2.45, 2.75) is 30.8 Å².